The van der Waals surface area contributed by atoms with Crippen molar-refractivity contribution in [2.75, 3.05) is 6.61 Å². The zero-order chi connectivity index (χ0) is 18.2. The van der Waals surface area contributed by atoms with Gasteiger partial charge in [0.25, 0.3) is 5.78 Å². The van der Waals surface area contributed by atoms with E-state index in [0.29, 0.717) is 6.42 Å². The van der Waals surface area contributed by atoms with Crippen molar-refractivity contribution >= 4 is 35.3 Å². The maximum absolute atomic E-state index is 12.2. The van der Waals surface area contributed by atoms with E-state index in [1.54, 1.807) is 6.92 Å². The lowest BCUT2D eigenvalue weighted by Crippen LogP contribution is -2.44. The number of hydrogen-bond acceptors (Lipinski definition) is 8. The molecule has 0 fully saturated rings. The van der Waals surface area contributed by atoms with Gasteiger partial charge < -0.3 is 9.47 Å². The summed E-state index contributed by atoms with van der Waals surface area (Å²) in [6.45, 7) is 4.99. The van der Waals surface area contributed by atoms with Crippen molar-refractivity contribution in [1.82, 2.24) is 0 Å². The van der Waals surface area contributed by atoms with Crippen molar-refractivity contribution in [2.24, 2.45) is 11.8 Å². The third kappa shape index (κ3) is 6.09. The van der Waals surface area contributed by atoms with Gasteiger partial charge in [0.2, 0.25) is 0 Å². The molecule has 0 N–H and O–H groups in total. The third-order valence-electron chi connectivity index (χ3n) is 2.88. The lowest BCUT2D eigenvalue weighted by atomic mass is 9.81. The molecule has 128 valence electrons. The van der Waals surface area contributed by atoms with Gasteiger partial charge in [-0.1, -0.05) is 6.92 Å². The van der Waals surface area contributed by atoms with Crippen molar-refractivity contribution in [3.8, 4) is 0 Å². The number of carbonyl (C=O) groups is 6. The Morgan fingerprint density at radius 2 is 1.48 bits per heavy atom. The SMILES string of the molecule is CCCC(=O)C(C(=O)C(=O)OC(C)=O)C(C(C)=O)C(=O)OCC. The molecule has 0 aliphatic rings. The molecule has 0 spiro atoms. The summed E-state index contributed by atoms with van der Waals surface area (Å²) in [5.41, 5.74) is 0. The summed E-state index contributed by atoms with van der Waals surface area (Å²) in [4.78, 5) is 70.3. The Kier molecular flexibility index (Phi) is 8.61. The van der Waals surface area contributed by atoms with Crippen LogP contribution in [0.1, 0.15) is 40.5 Å². The van der Waals surface area contributed by atoms with Gasteiger partial charge in [-0.05, 0) is 20.3 Å². The minimum Gasteiger partial charge on any atom is -0.465 e. The minimum absolute atomic E-state index is 0.0661. The van der Waals surface area contributed by atoms with Crippen molar-refractivity contribution in [1.29, 1.82) is 0 Å². The second kappa shape index (κ2) is 9.60. The van der Waals surface area contributed by atoms with E-state index in [1.165, 1.54) is 6.92 Å². The fourth-order valence-corrected chi connectivity index (χ4v) is 1.96. The fourth-order valence-electron chi connectivity index (χ4n) is 1.96. The van der Waals surface area contributed by atoms with Crippen molar-refractivity contribution in [3.05, 3.63) is 0 Å². The lowest BCUT2D eigenvalue weighted by Gasteiger charge is -2.20. The van der Waals surface area contributed by atoms with Gasteiger partial charge in [0, 0.05) is 13.3 Å². The molecule has 2 unspecified atom stereocenters. The molecule has 0 amide bonds. The van der Waals surface area contributed by atoms with Crippen LogP contribution in [0, 0.1) is 11.8 Å². The molecule has 23 heavy (non-hydrogen) atoms. The molecule has 0 saturated carbocycles. The van der Waals surface area contributed by atoms with Gasteiger partial charge >= 0.3 is 17.9 Å². The second-order valence-corrected chi connectivity index (χ2v) is 4.78. The van der Waals surface area contributed by atoms with Crippen LogP contribution in [0.25, 0.3) is 0 Å². The van der Waals surface area contributed by atoms with Gasteiger partial charge in [0.05, 0.1) is 6.61 Å². The van der Waals surface area contributed by atoms with E-state index >= 15 is 0 Å². The molecule has 0 aromatic heterocycles. The third-order valence-corrected chi connectivity index (χ3v) is 2.88. The molecule has 0 aromatic rings. The summed E-state index contributed by atoms with van der Waals surface area (Å²) >= 11 is 0. The molecule has 0 rings (SSSR count). The first-order chi connectivity index (χ1) is 10.7. The molecule has 0 heterocycles. The molecule has 0 aliphatic heterocycles. The fraction of sp³-hybridized carbons (Fsp3) is 0.600. The summed E-state index contributed by atoms with van der Waals surface area (Å²) in [6, 6.07) is 0. The number of Topliss-reactive ketones (excluding diaryl/α,β-unsaturated/α-hetero) is 3. The van der Waals surface area contributed by atoms with E-state index < -0.39 is 47.1 Å². The van der Waals surface area contributed by atoms with E-state index in [0.717, 1.165) is 13.8 Å². The van der Waals surface area contributed by atoms with E-state index in [-0.39, 0.29) is 13.0 Å². The molecule has 8 nitrogen and oxygen atoms in total. The lowest BCUT2D eigenvalue weighted by molar-refractivity contribution is -0.167. The first kappa shape index (κ1) is 20.6. The van der Waals surface area contributed by atoms with Gasteiger partial charge in [-0.25, -0.2) is 4.79 Å². The van der Waals surface area contributed by atoms with Gasteiger partial charge in [-0.2, -0.15) is 0 Å². The number of esters is 3. The Balaban J connectivity index is 5.73. The molecule has 8 heteroatoms. The molecule has 2 atom stereocenters. The van der Waals surface area contributed by atoms with E-state index in [9.17, 15) is 28.8 Å². The Labute approximate surface area is 133 Å². The van der Waals surface area contributed by atoms with Crippen LogP contribution in [0.3, 0.4) is 0 Å². The highest BCUT2D eigenvalue weighted by Gasteiger charge is 2.45. The Hall–Kier alpha value is -2.38. The van der Waals surface area contributed by atoms with E-state index in [2.05, 4.69) is 4.74 Å². The normalized spacial score (nSPS) is 12.7. The Morgan fingerprint density at radius 1 is 0.913 bits per heavy atom. The van der Waals surface area contributed by atoms with Crippen LogP contribution in [0.15, 0.2) is 0 Å². The van der Waals surface area contributed by atoms with Crippen molar-refractivity contribution < 1.29 is 38.2 Å². The summed E-state index contributed by atoms with van der Waals surface area (Å²) in [6.07, 6.45) is 0.227. The molecular formula is C15H20O8. The minimum atomic E-state index is -1.85. The van der Waals surface area contributed by atoms with Crippen LogP contribution < -0.4 is 0 Å². The van der Waals surface area contributed by atoms with Crippen LogP contribution in [0.2, 0.25) is 0 Å². The summed E-state index contributed by atoms with van der Waals surface area (Å²) in [5, 5.41) is 0. The number of carbonyl (C=O) groups excluding carboxylic acids is 6. The maximum atomic E-state index is 12.2. The average molecular weight is 328 g/mol. The predicted octanol–water partition coefficient (Wildman–Crippen LogP) is 0.399. The monoisotopic (exact) mass is 328 g/mol. The number of ketones is 3. The van der Waals surface area contributed by atoms with Crippen LogP contribution in [0.5, 0.6) is 0 Å². The van der Waals surface area contributed by atoms with Crippen LogP contribution >= 0.6 is 0 Å². The molecule has 0 saturated heterocycles. The van der Waals surface area contributed by atoms with E-state index in [4.69, 9.17) is 4.74 Å². The smallest absolute Gasteiger partial charge is 0.383 e. The molecule has 0 radical (unpaired) electrons. The maximum Gasteiger partial charge on any atom is 0.383 e. The highest BCUT2D eigenvalue weighted by atomic mass is 16.6. The summed E-state index contributed by atoms with van der Waals surface area (Å²) in [5.74, 6) is -10.2. The first-order valence-corrected chi connectivity index (χ1v) is 7.13. The largest absolute Gasteiger partial charge is 0.465 e. The van der Waals surface area contributed by atoms with E-state index in [1.807, 2.05) is 0 Å². The van der Waals surface area contributed by atoms with Gasteiger partial charge in [0.1, 0.15) is 23.4 Å². The van der Waals surface area contributed by atoms with Crippen LogP contribution in [-0.4, -0.2) is 41.9 Å². The first-order valence-electron chi connectivity index (χ1n) is 7.13. The predicted molar refractivity (Wildman–Crippen MR) is 76.0 cm³/mol. The number of ether oxygens (including phenoxy) is 2. The zero-order valence-corrected chi connectivity index (χ0v) is 13.5. The Bertz CT molecular complexity index is 520. The number of rotatable bonds is 9. The molecular weight excluding hydrogens is 308 g/mol. The van der Waals surface area contributed by atoms with Gasteiger partial charge in [0.15, 0.2) is 0 Å². The molecule has 0 aliphatic carbocycles. The van der Waals surface area contributed by atoms with Crippen molar-refractivity contribution in [2.45, 2.75) is 40.5 Å². The number of hydrogen-bond donors (Lipinski definition) is 0. The quantitative estimate of drug-likeness (QED) is 0.339. The molecule has 0 aromatic carbocycles. The van der Waals surface area contributed by atoms with Crippen LogP contribution in [-0.2, 0) is 38.2 Å². The second-order valence-electron chi connectivity index (χ2n) is 4.78. The molecule has 0 bridgehead atoms. The highest BCUT2D eigenvalue weighted by molar-refractivity contribution is 6.41. The highest BCUT2D eigenvalue weighted by Crippen LogP contribution is 2.21. The standard InChI is InChI=1S/C15H20O8/c1-5-7-10(18)12(13(19)15(21)23-9(4)17)11(8(3)16)14(20)22-6-2/h11-12H,5-7H2,1-4H3. The van der Waals surface area contributed by atoms with Crippen molar-refractivity contribution in [3.63, 3.8) is 0 Å². The summed E-state index contributed by atoms with van der Waals surface area (Å²) in [7, 11) is 0. The topological polar surface area (TPSA) is 121 Å². The van der Waals surface area contributed by atoms with Gasteiger partial charge in [-0.3, -0.25) is 24.0 Å². The summed E-state index contributed by atoms with van der Waals surface area (Å²) < 4.78 is 8.85. The van der Waals surface area contributed by atoms with Gasteiger partial charge in [-0.15, -0.1) is 0 Å². The van der Waals surface area contributed by atoms with Crippen LogP contribution in [0.4, 0.5) is 0 Å². The zero-order valence-electron chi connectivity index (χ0n) is 13.5. The Morgan fingerprint density at radius 3 is 1.87 bits per heavy atom. The average Bonchev–Trinajstić information content (AvgIpc) is 2.42.